The van der Waals surface area contributed by atoms with Crippen LogP contribution in [0.4, 0.5) is 0 Å². The number of nitrogens with one attached hydrogen (secondary N) is 1. The molecule has 2 atom stereocenters. The molecule has 2 rings (SSSR count). The summed E-state index contributed by atoms with van der Waals surface area (Å²) in [5, 5.41) is 3.59. The van der Waals surface area contributed by atoms with Crippen molar-refractivity contribution in [3.8, 4) is 5.75 Å². The zero-order valence-electron chi connectivity index (χ0n) is 11.7. The van der Waals surface area contributed by atoms with E-state index in [1.165, 1.54) is 5.56 Å². The zero-order chi connectivity index (χ0) is 13.7. The second-order valence-corrected chi connectivity index (χ2v) is 4.64. The van der Waals surface area contributed by atoms with Gasteiger partial charge in [-0.15, -0.1) is 0 Å². The molecule has 1 unspecified atom stereocenters. The molecule has 1 N–H and O–H groups in total. The number of hydrogen-bond acceptors (Lipinski definition) is 3. The molecule has 1 aromatic heterocycles. The fraction of sp³-hybridized carbons (Fsp3) is 0.375. The van der Waals surface area contributed by atoms with Crippen molar-refractivity contribution in [2.24, 2.45) is 0 Å². The van der Waals surface area contributed by atoms with Gasteiger partial charge in [-0.3, -0.25) is 0 Å². The van der Waals surface area contributed by atoms with E-state index in [0.29, 0.717) is 6.04 Å². The van der Waals surface area contributed by atoms with Crippen LogP contribution in [-0.4, -0.2) is 7.11 Å². The van der Waals surface area contributed by atoms with Crippen molar-refractivity contribution < 1.29 is 9.15 Å². The number of hydrogen-bond donors (Lipinski definition) is 1. The number of benzene rings is 1. The minimum Gasteiger partial charge on any atom is -0.497 e. The molecule has 0 bridgehead atoms. The number of rotatable bonds is 6. The SMILES string of the molecule is CCC(N[C@H](C)c1ccco1)c1ccc(OC)cc1. The lowest BCUT2D eigenvalue weighted by molar-refractivity contribution is 0.386. The molecule has 0 spiro atoms. The summed E-state index contributed by atoms with van der Waals surface area (Å²) >= 11 is 0. The van der Waals surface area contributed by atoms with E-state index in [2.05, 4.69) is 31.3 Å². The molecule has 0 aliphatic rings. The summed E-state index contributed by atoms with van der Waals surface area (Å²) in [5.74, 6) is 1.85. The third kappa shape index (κ3) is 3.38. The van der Waals surface area contributed by atoms with Crippen LogP contribution in [-0.2, 0) is 0 Å². The molecular weight excluding hydrogens is 238 g/mol. The van der Waals surface area contributed by atoms with Gasteiger partial charge in [0, 0.05) is 6.04 Å². The minimum atomic E-state index is 0.196. The maximum atomic E-state index is 5.43. The van der Waals surface area contributed by atoms with Gasteiger partial charge in [0.15, 0.2) is 0 Å². The third-order valence-electron chi connectivity index (χ3n) is 3.35. The quantitative estimate of drug-likeness (QED) is 0.848. The smallest absolute Gasteiger partial charge is 0.120 e. The van der Waals surface area contributed by atoms with Gasteiger partial charge in [-0.1, -0.05) is 19.1 Å². The minimum absolute atomic E-state index is 0.196. The van der Waals surface area contributed by atoms with Crippen molar-refractivity contribution in [3.63, 3.8) is 0 Å². The Morgan fingerprint density at radius 2 is 1.95 bits per heavy atom. The van der Waals surface area contributed by atoms with Crippen LogP contribution in [0.2, 0.25) is 0 Å². The van der Waals surface area contributed by atoms with Crippen molar-refractivity contribution in [1.82, 2.24) is 5.32 Å². The van der Waals surface area contributed by atoms with Gasteiger partial charge in [0.05, 0.1) is 19.4 Å². The molecule has 2 aromatic rings. The molecular formula is C16H21NO2. The highest BCUT2D eigenvalue weighted by Crippen LogP contribution is 2.24. The summed E-state index contributed by atoms with van der Waals surface area (Å²) < 4.78 is 10.6. The molecule has 0 aliphatic carbocycles. The molecule has 0 amide bonds. The molecule has 3 nitrogen and oxygen atoms in total. The molecule has 0 saturated carbocycles. The first kappa shape index (κ1) is 13.7. The summed E-state index contributed by atoms with van der Waals surface area (Å²) in [4.78, 5) is 0. The highest BCUT2D eigenvalue weighted by atomic mass is 16.5. The molecule has 0 fully saturated rings. The van der Waals surface area contributed by atoms with E-state index < -0.39 is 0 Å². The molecule has 3 heteroatoms. The second-order valence-electron chi connectivity index (χ2n) is 4.64. The maximum Gasteiger partial charge on any atom is 0.120 e. The van der Waals surface area contributed by atoms with E-state index >= 15 is 0 Å². The van der Waals surface area contributed by atoms with E-state index in [4.69, 9.17) is 9.15 Å². The summed E-state index contributed by atoms with van der Waals surface area (Å²) in [5.41, 5.74) is 1.27. The van der Waals surface area contributed by atoms with E-state index in [9.17, 15) is 0 Å². The molecule has 19 heavy (non-hydrogen) atoms. The summed E-state index contributed by atoms with van der Waals surface area (Å²) in [7, 11) is 1.68. The first-order valence-electron chi connectivity index (χ1n) is 6.68. The molecule has 0 saturated heterocycles. The molecule has 1 heterocycles. The van der Waals surface area contributed by atoms with Crippen LogP contribution in [0.5, 0.6) is 5.75 Å². The zero-order valence-corrected chi connectivity index (χ0v) is 11.7. The highest BCUT2D eigenvalue weighted by molar-refractivity contribution is 5.29. The highest BCUT2D eigenvalue weighted by Gasteiger charge is 2.15. The standard InChI is InChI=1S/C16H21NO2/c1-4-15(13-7-9-14(18-3)10-8-13)17-12(2)16-6-5-11-19-16/h5-12,15,17H,4H2,1-3H3/t12-,15?/m1/s1. The number of methoxy groups -OCH3 is 1. The Kier molecular flexibility index (Phi) is 4.63. The summed E-state index contributed by atoms with van der Waals surface area (Å²) in [6, 6.07) is 12.6. The van der Waals surface area contributed by atoms with Gasteiger partial charge >= 0.3 is 0 Å². The van der Waals surface area contributed by atoms with Gasteiger partial charge in [-0.25, -0.2) is 0 Å². The van der Waals surface area contributed by atoms with Gasteiger partial charge in [0.1, 0.15) is 11.5 Å². The van der Waals surface area contributed by atoms with Gasteiger partial charge in [-0.05, 0) is 43.2 Å². The Balaban J connectivity index is 2.06. The molecule has 0 aliphatic heterocycles. The third-order valence-corrected chi connectivity index (χ3v) is 3.35. The Morgan fingerprint density at radius 3 is 2.47 bits per heavy atom. The van der Waals surface area contributed by atoms with Crippen molar-refractivity contribution in [1.29, 1.82) is 0 Å². The molecule has 102 valence electrons. The van der Waals surface area contributed by atoms with Gasteiger partial charge < -0.3 is 14.5 Å². The fourth-order valence-electron chi connectivity index (χ4n) is 2.21. The Labute approximate surface area is 114 Å². The predicted octanol–water partition coefficient (Wildman–Crippen LogP) is 4.09. The predicted molar refractivity (Wildman–Crippen MR) is 76.3 cm³/mol. The van der Waals surface area contributed by atoms with Crippen LogP contribution in [0.1, 0.15) is 43.7 Å². The Bertz CT molecular complexity index is 476. The first-order chi connectivity index (χ1) is 9.24. The Morgan fingerprint density at radius 1 is 1.21 bits per heavy atom. The van der Waals surface area contributed by atoms with Gasteiger partial charge in [0.2, 0.25) is 0 Å². The van der Waals surface area contributed by atoms with Crippen LogP contribution in [0.25, 0.3) is 0 Å². The lowest BCUT2D eigenvalue weighted by Crippen LogP contribution is -2.23. The van der Waals surface area contributed by atoms with E-state index in [0.717, 1.165) is 17.9 Å². The fourth-order valence-corrected chi connectivity index (χ4v) is 2.21. The van der Waals surface area contributed by atoms with Crippen LogP contribution in [0.3, 0.4) is 0 Å². The molecule has 0 radical (unpaired) electrons. The van der Waals surface area contributed by atoms with Crippen molar-refractivity contribution in [3.05, 3.63) is 54.0 Å². The average molecular weight is 259 g/mol. The lowest BCUT2D eigenvalue weighted by Gasteiger charge is -2.21. The van der Waals surface area contributed by atoms with Gasteiger partial charge in [-0.2, -0.15) is 0 Å². The number of ether oxygens (including phenoxy) is 1. The van der Waals surface area contributed by atoms with Crippen LogP contribution >= 0.6 is 0 Å². The van der Waals surface area contributed by atoms with Crippen molar-refractivity contribution >= 4 is 0 Å². The van der Waals surface area contributed by atoms with Crippen LogP contribution in [0.15, 0.2) is 47.1 Å². The molecule has 1 aromatic carbocycles. The van der Waals surface area contributed by atoms with Crippen molar-refractivity contribution in [2.45, 2.75) is 32.4 Å². The monoisotopic (exact) mass is 259 g/mol. The van der Waals surface area contributed by atoms with E-state index in [1.807, 2.05) is 24.3 Å². The maximum absolute atomic E-state index is 5.43. The van der Waals surface area contributed by atoms with E-state index in [-0.39, 0.29) is 6.04 Å². The van der Waals surface area contributed by atoms with Crippen LogP contribution < -0.4 is 10.1 Å². The van der Waals surface area contributed by atoms with Crippen LogP contribution in [0, 0.1) is 0 Å². The topological polar surface area (TPSA) is 34.4 Å². The van der Waals surface area contributed by atoms with E-state index in [1.54, 1.807) is 13.4 Å². The summed E-state index contributed by atoms with van der Waals surface area (Å²) in [6.45, 7) is 4.29. The second kappa shape index (κ2) is 6.43. The summed E-state index contributed by atoms with van der Waals surface area (Å²) in [6.07, 6.45) is 2.74. The first-order valence-corrected chi connectivity index (χ1v) is 6.68. The van der Waals surface area contributed by atoms with Crippen molar-refractivity contribution in [2.75, 3.05) is 7.11 Å². The average Bonchev–Trinajstić information content (AvgIpc) is 2.99. The van der Waals surface area contributed by atoms with Gasteiger partial charge in [0.25, 0.3) is 0 Å². The normalized spacial score (nSPS) is 14.1. The lowest BCUT2D eigenvalue weighted by atomic mass is 10.0. The number of furan rings is 1. The Hall–Kier alpha value is -1.74. The largest absolute Gasteiger partial charge is 0.497 e.